The normalized spacial score (nSPS) is 11.0. The topological polar surface area (TPSA) is 77.5 Å². The third-order valence-electron chi connectivity index (χ3n) is 4.57. The van der Waals surface area contributed by atoms with Crippen LogP contribution in [0, 0.1) is 6.92 Å². The highest BCUT2D eigenvalue weighted by molar-refractivity contribution is 5.83. The molecule has 0 bridgehead atoms. The monoisotopic (exact) mass is 376 g/mol. The highest BCUT2D eigenvalue weighted by atomic mass is 16.5. The smallest absolute Gasteiger partial charge is 0.323 e. The average Bonchev–Trinajstić information content (AvgIpc) is 3.26. The molecule has 2 aromatic heterocycles. The molecule has 2 heterocycles. The third kappa shape index (κ3) is 3.76. The number of aliphatic carboxylic acids is 1. The number of carboxylic acid groups (broad SMARTS) is 1. The molecule has 6 heteroatoms. The van der Waals surface area contributed by atoms with Gasteiger partial charge in [0.15, 0.2) is 0 Å². The predicted octanol–water partition coefficient (Wildman–Crippen LogP) is 4.31. The molecule has 142 valence electrons. The molecule has 0 aliphatic heterocycles. The zero-order valence-corrected chi connectivity index (χ0v) is 15.5. The molecule has 0 atom stereocenters. The Bertz CT molecular complexity index is 1110. The van der Waals surface area contributed by atoms with Crippen molar-refractivity contribution >= 4 is 16.9 Å². The summed E-state index contributed by atoms with van der Waals surface area (Å²) in [5, 5.41) is 10.0. The van der Waals surface area contributed by atoms with Crippen LogP contribution in [-0.2, 0) is 17.8 Å². The summed E-state index contributed by atoms with van der Waals surface area (Å²) in [6, 6.07) is 17.4. The van der Waals surface area contributed by atoms with E-state index in [1.54, 1.807) is 10.8 Å². The van der Waals surface area contributed by atoms with E-state index in [-0.39, 0.29) is 6.54 Å². The molecule has 0 amide bonds. The van der Waals surface area contributed by atoms with Crippen LogP contribution in [0.15, 0.2) is 65.2 Å². The molecule has 2 aromatic carbocycles. The van der Waals surface area contributed by atoms with E-state index in [4.69, 9.17) is 14.3 Å². The number of aryl methyl sites for hydroxylation is 1. The first kappa shape index (κ1) is 17.9. The molecular formula is C22H20N2O4. The van der Waals surface area contributed by atoms with Gasteiger partial charge in [0.2, 0.25) is 5.89 Å². The molecule has 4 aromatic rings. The van der Waals surface area contributed by atoms with Crippen molar-refractivity contribution in [3.63, 3.8) is 0 Å². The number of nitrogens with zero attached hydrogens (tertiary/aromatic N) is 2. The van der Waals surface area contributed by atoms with Gasteiger partial charge in [-0.15, -0.1) is 0 Å². The maximum atomic E-state index is 11.0. The van der Waals surface area contributed by atoms with E-state index in [1.807, 2.05) is 61.5 Å². The van der Waals surface area contributed by atoms with Gasteiger partial charge in [-0.3, -0.25) is 4.79 Å². The van der Waals surface area contributed by atoms with Crippen LogP contribution < -0.4 is 4.74 Å². The van der Waals surface area contributed by atoms with Crippen molar-refractivity contribution < 1.29 is 19.1 Å². The maximum Gasteiger partial charge on any atom is 0.323 e. The molecule has 6 nitrogen and oxygen atoms in total. The minimum absolute atomic E-state index is 0.0760. The molecule has 0 unspecified atom stereocenters. The van der Waals surface area contributed by atoms with Crippen LogP contribution in [0.3, 0.4) is 0 Å². The second-order valence-corrected chi connectivity index (χ2v) is 6.54. The van der Waals surface area contributed by atoms with Gasteiger partial charge in [-0.25, -0.2) is 4.98 Å². The van der Waals surface area contributed by atoms with Crippen LogP contribution in [0.2, 0.25) is 0 Å². The van der Waals surface area contributed by atoms with E-state index in [9.17, 15) is 4.79 Å². The fourth-order valence-electron chi connectivity index (χ4n) is 3.17. The van der Waals surface area contributed by atoms with Crippen molar-refractivity contribution in [3.05, 3.63) is 72.2 Å². The van der Waals surface area contributed by atoms with Crippen LogP contribution in [0.5, 0.6) is 5.75 Å². The van der Waals surface area contributed by atoms with Crippen LogP contribution in [0.25, 0.3) is 22.4 Å². The minimum Gasteiger partial charge on any atom is -0.493 e. The number of carbonyl (C=O) groups is 1. The molecule has 0 radical (unpaired) electrons. The zero-order chi connectivity index (χ0) is 19.5. The Morgan fingerprint density at radius 1 is 1.18 bits per heavy atom. The lowest BCUT2D eigenvalue weighted by Crippen LogP contribution is -2.07. The summed E-state index contributed by atoms with van der Waals surface area (Å²) in [6.45, 7) is 2.28. The largest absolute Gasteiger partial charge is 0.493 e. The number of oxazole rings is 1. The van der Waals surface area contributed by atoms with Crippen molar-refractivity contribution in [2.45, 2.75) is 19.9 Å². The third-order valence-corrected chi connectivity index (χ3v) is 4.57. The molecule has 0 aliphatic carbocycles. The molecule has 4 rings (SSSR count). The summed E-state index contributed by atoms with van der Waals surface area (Å²) in [5.41, 5.74) is 2.65. The van der Waals surface area contributed by atoms with E-state index in [0.29, 0.717) is 24.7 Å². The molecule has 0 saturated heterocycles. The van der Waals surface area contributed by atoms with Gasteiger partial charge in [0, 0.05) is 24.2 Å². The summed E-state index contributed by atoms with van der Waals surface area (Å²) in [6.07, 6.45) is 2.39. The minimum atomic E-state index is -0.875. The Hall–Kier alpha value is -3.54. The van der Waals surface area contributed by atoms with Gasteiger partial charge in [0.05, 0.1) is 17.8 Å². The Labute approximate surface area is 162 Å². The molecule has 1 N–H and O–H groups in total. The molecular weight excluding hydrogens is 356 g/mol. The van der Waals surface area contributed by atoms with Gasteiger partial charge in [-0.05, 0) is 42.6 Å². The van der Waals surface area contributed by atoms with Crippen molar-refractivity contribution in [2.24, 2.45) is 0 Å². The van der Waals surface area contributed by atoms with E-state index in [2.05, 4.69) is 4.98 Å². The van der Waals surface area contributed by atoms with Crippen LogP contribution in [0.1, 0.15) is 11.5 Å². The Morgan fingerprint density at radius 2 is 2.00 bits per heavy atom. The number of rotatable bonds is 7. The van der Waals surface area contributed by atoms with Gasteiger partial charge in [-0.2, -0.15) is 0 Å². The van der Waals surface area contributed by atoms with E-state index < -0.39 is 5.97 Å². The van der Waals surface area contributed by atoms with Gasteiger partial charge in [0.1, 0.15) is 18.1 Å². The lowest BCUT2D eigenvalue weighted by molar-refractivity contribution is -0.137. The van der Waals surface area contributed by atoms with Crippen molar-refractivity contribution in [1.82, 2.24) is 9.55 Å². The number of carboxylic acids is 1. The van der Waals surface area contributed by atoms with Gasteiger partial charge in [0.25, 0.3) is 0 Å². The molecule has 0 saturated carbocycles. The molecule has 0 fully saturated rings. The summed E-state index contributed by atoms with van der Waals surface area (Å²) in [5.74, 6) is 1.22. The first-order valence-corrected chi connectivity index (χ1v) is 9.05. The first-order chi connectivity index (χ1) is 13.6. The van der Waals surface area contributed by atoms with Crippen LogP contribution >= 0.6 is 0 Å². The summed E-state index contributed by atoms with van der Waals surface area (Å²) >= 11 is 0. The average molecular weight is 376 g/mol. The summed E-state index contributed by atoms with van der Waals surface area (Å²) < 4.78 is 13.3. The lowest BCUT2D eigenvalue weighted by atomic mass is 10.2. The van der Waals surface area contributed by atoms with E-state index >= 15 is 0 Å². The van der Waals surface area contributed by atoms with Crippen molar-refractivity contribution in [2.75, 3.05) is 6.61 Å². The standard InChI is InChI=1S/C22H20N2O4/c1-15-19(23-22(28-15)17-5-3-2-4-6-17)10-12-27-18-8-7-16-9-11-24(14-21(25)26)20(16)13-18/h2-9,11,13H,10,12,14H2,1H3,(H,25,26). The number of fused-ring (bicyclic) bond motifs is 1. The van der Waals surface area contributed by atoms with E-state index in [0.717, 1.165) is 27.9 Å². The number of hydrogen-bond acceptors (Lipinski definition) is 4. The first-order valence-electron chi connectivity index (χ1n) is 9.05. The second-order valence-electron chi connectivity index (χ2n) is 6.54. The highest BCUT2D eigenvalue weighted by Gasteiger charge is 2.12. The second kappa shape index (κ2) is 7.60. The Morgan fingerprint density at radius 3 is 2.79 bits per heavy atom. The summed E-state index contributed by atoms with van der Waals surface area (Å²) in [7, 11) is 0. The fraction of sp³-hybridized carbons (Fsp3) is 0.182. The Balaban J connectivity index is 1.44. The lowest BCUT2D eigenvalue weighted by Gasteiger charge is -2.07. The van der Waals surface area contributed by atoms with Crippen LogP contribution in [0.4, 0.5) is 0 Å². The fourth-order valence-corrected chi connectivity index (χ4v) is 3.17. The van der Waals surface area contributed by atoms with Crippen LogP contribution in [-0.4, -0.2) is 27.2 Å². The number of benzene rings is 2. The Kier molecular flexibility index (Phi) is 4.85. The number of ether oxygens (including phenoxy) is 1. The maximum absolute atomic E-state index is 11.0. The zero-order valence-electron chi connectivity index (χ0n) is 15.5. The number of aromatic nitrogens is 2. The number of hydrogen-bond donors (Lipinski definition) is 1. The quantitative estimate of drug-likeness (QED) is 0.520. The van der Waals surface area contributed by atoms with Gasteiger partial charge >= 0.3 is 5.97 Å². The van der Waals surface area contributed by atoms with Crippen molar-refractivity contribution in [1.29, 1.82) is 0 Å². The SMILES string of the molecule is Cc1oc(-c2ccccc2)nc1CCOc1ccc2ccn(CC(=O)O)c2c1. The highest BCUT2D eigenvalue weighted by Crippen LogP contribution is 2.24. The van der Waals surface area contributed by atoms with Crippen molar-refractivity contribution in [3.8, 4) is 17.2 Å². The van der Waals surface area contributed by atoms with E-state index in [1.165, 1.54) is 0 Å². The van der Waals surface area contributed by atoms with Gasteiger partial charge < -0.3 is 18.8 Å². The van der Waals surface area contributed by atoms with Gasteiger partial charge in [-0.1, -0.05) is 18.2 Å². The molecule has 0 spiro atoms. The molecule has 0 aliphatic rings. The molecule has 28 heavy (non-hydrogen) atoms. The summed E-state index contributed by atoms with van der Waals surface area (Å²) in [4.78, 5) is 15.6. The predicted molar refractivity (Wildman–Crippen MR) is 105 cm³/mol.